The molecule has 0 spiro atoms. The summed E-state index contributed by atoms with van der Waals surface area (Å²) in [5.74, 6) is -0.756. The number of hydrogen-bond acceptors (Lipinski definition) is 4. The average Bonchev–Trinajstić information content (AvgIpc) is 2.63. The summed E-state index contributed by atoms with van der Waals surface area (Å²) in [6.07, 6.45) is 3.81. The molecular formula is C11H16ClN3O3S. The predicted molar refractivity (Wildman–Crippen MR) is 74.5 cm³/mol. The largest absolute Gasteiger partial charge is 0.480 e. The molecule has 0 aliphatic carbocycles. The summed E-state index contributed by atoms with van der Waals surface area (Å²) in [6.45, 7) is 1.69. The first-order valence-electron chi connectivity index (χ1n) is 5.64. The molecule has 0 fully saturated rings. The molecule has 1 aromatic rings. The second kappa shape index (κ2) is 7.40. The lowest BCUT2D eigenvalue weighted by atomic mass is 10.2. The number of aliphatic carboxylic acids is 1. The summed E-state index contributed by atoms with van der Waals surface area (Å²) in [4.78, 5) is 22.7. The molecule has 0 aromatic carbocycles. The van der Waals surface area contributed by atoms with E-state index in [9.17, 15) is 9.59 Å². The first kappa shape index (κ1) is 15.8. The van der Waals surface area contributed by atoms with Gasteiger partial charge < -0.3 is 10.4 Å². The number of nitrogens with one attached hydrogen (secondary N) is 1. The van der Waals surface area contributed by atoms with Crippen molar-refractivity contribution in [2.24, 2.45) is 0 Å². The van der Waals surface area contributed by atoms with Crippen LogP contribution in [0.15, 0.2) is 6.20 Å². The Kier molecular flexibility index (Phi) is 6.17. The van der Waals surface area contributed by atoms with Gasteiger partial charge in [-0.15, -0.1) is 0 Å². The number of thioether (sulfide) groups is 1. The summed E-state index contributed by atoms with van der Waals surface area (Å²) < 4.78 is 1.39. The van der Waals surface area contributed by atoms with E-state index in [-0.39, 0.29) is 6.54 Å². The molecule has 0 aliphatic heterocycles. The Morgan fingerprint density at radius 1 is 1.63 bits per heavy atom. The van der Waals surface area contributed by atoms with Crippen LogP contribution in [0.1, 0.15) is 12.1 Å². The smallest absolute Gasteiger partial charge is 0.326 e. The summed E-state index contributed by atoms with van der Waals surface area (Å²) in [6, 6.07) is -0.868. The van der Waals surface area contributed by atoms with Gasteiger partial charge in [-0.25, -0.2) is 4.79 Å². The summed E-state index contributed by atoms with van der Waals surface area (Å²) in [5.41, 5.74) is 0.631. The number of nitrogens with zero attached hydrogens (tertiary/aromatic N) is 2. The third kappa shape index (κ3) is 5.12. The van der Waals surface area contributed by atoms with Gasteiger partial charge in [0.05, 0.1) is 10.7 Å². The third-order valence-electron chi connectivity index (χ3n) is 2.44. The van der Waals surface area contributed by atoms with E-state index >= 15 is 0 Å². The summed E-state index contributed by atoms with van der Waals surface area (Å²) in [5, 5.41) is 16.0. The molecule has 1 aromatic heterocycles. The van der Waals surface area contributed by atoms with Gasteiger partial charge in [-0.3, -0.25) is 9.48 Å². The van der Waals surface area contributed by atoms with Crippen LogP contribution in [0.2, 0.25) is 5.02 Å². The molecule has 0 bridgehead atoms. The zero-order chi connectivity index (χ0) is 14.4. The number of carbonyl (C=O) groups is 2. The highest BCUT2D eigenvalue weighted by Gasteiger charge is 2.19. The number of aryl methyl sites for hydroxylation is 1. The normalized spacial score (nSPS) is 12.2. The number of carboxylic acid groups (broad SMARTS) is 1. The Bertz CT molecular complexity index is 445. The van der Waals surface area contributed by atoms with E-state index in [1.54, 1.807) is 6.92 Å². The maximum atomic E-state index is 11.7. The van der Waals surface area contributed by atoms with Gasteiger partial charge in [-0.2, -0.15) is 16.9 Å². The molecule has 1 unspecified atom stereocenters. The van der Waals surface area contributed by atoms with Crippen molar-refractivity contribution in [2.45, 2.75) is 25.9 Å². The van der Waals surface area contributed by atoms with Crippen molar-refractivity contribution in [1.29, 1.82) is 0 Å². The van der Waals surface area contributed by atoms with Gasteiger partial charge in [0.1, 0.15) is 12.6 Å². The van der Waals surface area contributed by atoms with E-state index in [0.717, 1.165) is 0 Å². The SMILES string of the molecule is CSCCC(NC(=O)Cn1cc(Cl)c(C)n1)C(=O)O. The summed E-state index contributed by atoms with van der Waals surface area (Å²) in [7, 11) is 0. The lowest BCUT2D eigenvalue weighted by Gasteiger charge is -2.13. The van der Waals surface area contributed by atoms with Crippen LogP contribution < -0.4 is 5.32 Å². The van der Waals surface area contributed by atoms with Gasteiger partial charge in [0.25, 0.3) is 0 Å². The minimum Gasteiger partial charge on any atom is -0.480 e. The molecule has 0 aliphatic rings. The van der Waals surface area contributed by atoms with Crippen LogP contribution in [0.3, 0.4) is 0 Å². The maximum Gasteiger partial charge on any atom is 0.326 e. The van der Waals surface area contributed by atoms with Crippen LogP contribution in [0.5, 0.6) is 0 Å². The zero-order valence-corrected chi connectivity index (χ0v) is 12.3. The lowest BCUT2D eigenvalue weighted by Crippen LogP contribution is -2.42. The van der Waals surface area contributed by atoms with Gasteiger partial charge in [-0.05, 0) is 25.4 Å². The van der Waals surface area contributed by atoms with E-state index in [0.29, 0.717) is 22.9 Å². The van der Waals surface area contributed by atoms with Crippen LogP contribution in [-0.2, 0) is 16.1 Å². The van der Waals surface area contributed by atoms with Gasteiger partial charge in [0.2, 0.25) is 5.91 Å². The second-order valence-electron chi connectivity index (χ2n) is 4.00. The average molecular weight is 306 g/mol. The fourth-order valence-corrected chi connectivity index (χ4v) is 2.08. The zero-order valence-electron chi connectivity index (χ0n) is 10.7. The second-order valence-corrected chi connectivity index (χ2v) is 5.39. The van der Waals surface area contributed by atoms with Crippen molar-refractivity contribution in [1.82, 2.24) is 15.1 Å². The van der Waals surface area contributed by atoms with Crippen LogP contribution in [-0.4, -0.2) is 44.8 Å². The highest BCUT2D eigenvalue weighted by molar-refractivity contribution is 7.98. The maximum absolute atomic E-state index is 11.7. The molecule has 1 amide bonds. The van der Waals surface area contributed by atoms with E-state index in [2.05, 4.69) is 10.4 Å². The number of amides is 1. The Morgan fingerprint density at radius 2 is 2.32 bits per heavy atom. The monoisotopic (exact) mass is 305 g/mol. The fraction of sp³-hybridized carbons (Fsp3) is 0.545. The lowest BCUT2D eigenvalue weighted by molar-refractivity contribution is -0.142. The minimum absolute atomic E-state index is 0.0450. The Morgan fingerprint density at radius 3 is 2.79 bits per heavy atom. The molecule has 0 radical (unpaired) electrons. The predicted octanol–water partition coefficient (Wildman–Crippen LogP) is 1.17. The molecular weight excluding hydrogens is 290 g/mol. The van der Waals surface area contributed by atoms with Gasteiger partial charge in [0.15, 0.2) is 0 Å². The number of carbonyl (C=O) groups excluding carboxylic acids is 1. The third-order valence-corrected chi connectivity index (χ3v) is 3.45. The van der Waals surface area contributed by atoms with Crippen LogP contribution in [0.4, 0.5) is 0 Å². The highest BCUT2D eigenvalue weighted by atomic mass is 35.5. The quantitative estimate of drug-likeness (QED) is 0.790. The number of rotatable bonds is 7. The Balaban J connectivity index is 2.54. The Labute approximate surface area is 120 Å². The van der Waals surface area contributed by atoms with E-state index in [4.69, 9.17) is 16.7 Å². The molecule has 1 heterocycles. The van der Waals surface area contributed by atoms with Gasteiger partial charge >= 0.3 is 5.97 Å². The van der Waals surface area contributed by atoms with Crippen LogP contribution >= 0.6 is 23.4 Å². The van der Waals surface area contributed by atoms with Crippen molar-refractivity contribution in [3.8, 4) is 0 Å². The van der Waals surface area contributed by atoms with Gasteiger partial charge in [-0.1, -0.05) is 11.6 Å². The molecule has 2 N–H and O–H groups in total. The first-order valence-corrected chi connectivity index (χ1v) is 7.42. The molecule has 1 atom stereocenters. The highest BCUT2D eigenvalue weighted by Crippen LogP contribution is 2.11. The first-order chi connectivity index (χ1) is 8.93. The molecule has 0 saturated carbocycles. The number of hydrogen-bond donors (Lipinski definition) is 2. The van der Waals surface area contributed by atoms with Crippen LogP contribution in [0.25, 0.3) is 0 Å². The van der Waals surface area contributed by atoms with Crippen molar-refractivity contribution >= 4 is 35.2 Å². The van der Waals surface area contributed by atoms with Gasteiger partial charge in [0, 0.05) is 6.20 Å². The van der Waals surface area contributed by atoms with Crippen molar-refractivity contribution < 1.29 is 14.7 Å². The van der Waals surface area contributed by atoms with Crippen molar-refractivity contribution in [2.75, 3.05) is 12.0 Å². The van der Waals surface area contributed by atoms with Crippen LogP contribution in [0, 0.1) is 6.92 Å². The topological polar surface area (TPSA) is 84.2 Å². The number of halogens is 1. The molecule has 1 rings (SSSR count). The number of carboxylic acids is 1. The minimum atomic E-state index is -1.03. The standard InChI is InChI=1S/C11H16ClN3O3S/c1-7-8(12)5-15(14-7)6-10(16)13-9(11(17)18)3-4-19-2/h5,9H,3-4,6H2,1-2H3,(H,13,16)(H,17,18). The van der Waals surface area contributed by atoms with E-state index in [1.165, 1.54) is 22.6 Å². The van der Waals surface area contributed by atoms with Crippen molar-refractivity contribution in [3.63, 3.8) is 0 Å². The van der Waals surface area contributed by atoms with E-state index < -0.39 is 17.9 Å². The van der Waals surface area contributed by atoms with Crippen molar-refractivity contribution in [3.05, 3.63) is 16.9 Å². The molecule has 0 saturated heterocycles. The molecule has 19 heavy (non-hydrogen) atoms. The molecule has 106 valence electrons. The molecule has 6 nitrogen and oxygen atoms in total. The summed E-state index contributed by atoms with van der Waals surface area (Å²) >= 11 is 7.36. The van der Waals surface area contributed by atoms with E-state index in [1.807, 2.05) is 6.26 Å². The number of aromatic nitrogens is 2. The molecule has 8 heteroatoms. The Hall–Kier alpha value is -1.21. The fourth-order valence-electron chi connectivity index (χ4n) is 1.45.